The molecule has 1 aliphatic rings. The van der Waals surface area contributed by atoms with Gasteiger partial charge in [-0.25, -0.2) is 12.2 Å². The van der Waals surface area contributed by atoms with Crippen LogP contribution in [0.3, 0.4) is 0 Å². The van der Waals surface area contributed by atoms with Gasteiger partial charge in [0, 0.05) is 39.6 Å². The van der Waals surface area contributed by atoms with Gasteiger partial charge in [0.05, 0.1) is 0 Å². The zero-order valence-electron chi connectivity index (χ0n) is 22.6. The van der Waals surface area contributed by atoms with Gasteiger partial charge >= 0.3 is 99.2 Å². The third-order valence-electron chi connectivity index (χ3n) is 6.42. The van der Waals surface area contributed by atoms with Crippen LogP contribution in [0.5, 0.6) is 0 Å². The molecule has 0 aromatic heterocycles. The number of anilines is 2. The average molecular weight is 574 g/mol. The quantitative estimate of drug-likeness (QED) is 0.201. The van der Waals surface area contributed by atoms with Crippen LogP contribution in [0.2, 0.25) is 0 Å². The Labute approximate surface area is 242 Å². The van der Waals surface area contributed by atoms with E-state index < -0.39 is 0 Å². The van der Waals surface area contributed by atoms with E-state index in [0.29, 0.717) is 0 Å². The van der Waals surface area contributed by atoms with Crippen molar-refractivity contribution in [2.75, 3.05) is 38.0 Å². The van der Waals surface area contributed by atoms with Crippen molar-refractivity contribution in [2.24, 2.45) is 0 Å². The van der Waals surface area contributed by atoms with Crippen molar-refractivity contribution in [1.82, 2.24) is 0 Å². The van der Waals surface area contributed by atoms with Crippen molar-refractivity contribution in [3.8, 4) is 0 Å². The Morgan fingerprint density at radius 1 is 0.684 bits per heavy atom. The van der Waals surface area contributed by atoms with Gasteiger partial charge < -0.3 is 9.80 Å². The Kier molecular flexibility index (Phi) is 9.74. The molecule has 5 aromatic carbocycles. The maximum atomic E-state index is 2.99. The van der Waals surface area contributed by atoms with Gasteiger partial charge in [0.2, 0.25) is 0 Å². The summed E-state index contributed by atoms with van der Waals surface area (Å²) in [5, 5.41) is 5.31. The van der Waals surface area contributed by atoms with Gasteiger partial charge in [0.15, 0.2) is 0 Å². The van der Waals surface area contributed by atoms with E-state index in [4.69, 9.17) is 0 Å². The first-order chi connectivity index (χ1) is 18.4. The summed E-state index contributed by atoms with van der Waals surface area (Å²) in [6, 6.07) is 36.7. The van der Waals surface area contributed by atoms with E-state index in [1.54, 1.807) is 0 Å². The number of nitrogens with zero attached hydrogens (tertiary/aromatic N) is 2. The molecule has 0 atom stereocenters. The average Bonchev–Trinajstić information content (AvgIpc) is 3.65. The monoisotopic (exact) mass is 572 g/mol. The summed E-state index contributed by atoms with van der Waals surface area (Å²) in [6.45, 7) is 0. The van der Waals surface area contributed by atoms with Gasteiger partial charge in [-0.3, -0.25) is 6.08 Å². The van der Waals surface area contributed by atoms with Gasteiger partial charge in [-0.2, -0.15) is 6.08 Å². The predicted molar refractivity (Wildman–Crippen MR) is 163 cm³/mol. The molecular formula is C35H34N2Zr. The van der Waals surface area contributed by atoms with Crippen molar-refractivity contribution in [1.29, 1.82) is 0 Å². The molecule has 0 heterocycles. The first kappa shape index (κ1) is 27.6. The Bertz CT molecular complexity index is 1430. The fraction of sp³-hybridized carbons (Fsp3) is 0.143. The van der Waals surface area contributed by atoms with Gasteiger partial charge in [0.1, 0.15) is 0 Å². The maximum absolute atomic E-state index is 2.99. The third-order valence-corrected chi connectivity index (χ3v) is 7.83. The summed E-state index contributed by atoms with van der Waals surface area (Å²) in [5.41, 5.74) is 5.15. The van der Waals surface area contributed by atoms with Crippen LogP contribution in [-0.2, 0) is 24.2 Å². The molecule has 6 rings (SSSR count). The van der Waals surface area contributed by atoms with E-state index in [0.717, 1.165) is 6.42 Å². The Morgan fingerprint density at radius 2 is 1.16 bits per heavy atom. The molecule has 38 heavy (non-hydrogen) atoms. The molecular weight excluding hydrogens is 540 g/mol. The Hall–Kier alpha value is -3.42. The van der Waals surface area contributed by atoms with Crippen LogP contribution in [0.4, 0.5) is 11.4 Å². The minimum absolute atomic E-state index is 1.01. The van der Waals surface area contributed by atoms with Crippen molar-refractivity contribution < 1.29 is 24.2 Å². The second-order valence-corrected chi connectivity index (χ2v) is 10.8. The molecule has 0 saturated carbocycles. The van der Waals surface area contributed by atoms with Crippen LogP contribution in [-0.4, -0.2) is 31.4 Å². The van der Waals surface area contributed by atoms with Crippen molar-refractivity contribution in [2.45, 2.75) is 6.42 Å². The zero-order valence-corrected chi connectivity index (χ0v) is 25.1. The topological polar surface area (TPSA) is 6.48 Å². The van der Waals surface area contributed by atoms with Gasteiger partial charge in [-0.05, 0) is 0 Å². The summed E-state index contributed by atoms with van der Waals surface area (Å²) in [5.74, 6) is 0. The molecule has 0 aliphatic heterocycles. The molecule has 5 aromatic rings. The van der Waals surface area contributed by atoms with E-state index in [-0.39, 0.29) is 0 Å². The molecule has 3 heteroatoms. The van der Waals surface area contributed by atoms with Crippen LogP contribution < -0.4 is 9.80 Å². The third kappa shape index (κ3) is 7.12. The summed E-state index contributed by atoms with van der Waals surface area (Å²) in [6.07, 6.45) is 10.0. The van der Waals surface area contributed by atoms with Crippen LogP contribution in [0.25, 0.3) is 21.5 Å². The molecule has 0 amide bonds. The standard InChI is InChI=1S/C17H19N2.C13H10.C5H5.Zr/c1-18(2)14-5-7-16-12(10-14)9-13-11-15(19(3)4)6-8-17(13)16;1-3-7-12(8-4-1)11-13-9-5-2-6-10-13;1-2-4-5-3-1;/h5-11H,1-4H3;1-10H;1-3H,4H2;/q-1;;-1;+2. The van der Waals surface area contributed by atoms with E-state index in [2.05, 4.69) is 153 Å². The second-order valence-electron chi connectivity index (χ2n) is 9.59. The van der Waals surface area contributed by atoms with Crippen molar-refractivity contribution >= 4 is 36.1 Å². The molecule has 0 saturated heterocycles. The summed E-state index contributed by atoms with van der Waals surface area (Å²) >= 11 is 1.46. The molecule has 0 unspecified atom stereocenters. The van der Waals surface area contributed by atoms with Crippen molar-refractivity contribution in [3.63, 3.8) is 0 Å². The molecule has 0 N–H and O–H groups in total. The van der Waals surface area contributed by atoms with Gasteiger partial charge in [-0.1, -0.05) is 36.4 Å². The molecule has 1 aliphatic carbocycles. The molecule has 0 bridgehead atoms. The summed E-state index contributed by atoms with van der Waals surface area (Å²) < 4.78 is 1.42. The van der Waals surface area contributed by atoms with Gasteiger partial charge in [-0.15, -0.1) is 34.0 Å². The first-order valence-electron chi connectivity index (χ1n) is 12.8. The van der Waals surface area contributed by atoms with Crippen LogP contribution in [0, 0.1) is 6.08 Å². The Balaban J connectivity index is 0.000000154. The predicted octanol–water partition coefficient (Wildman–Crippen LogP) is 7.95. The molecule has 0 radical (unpaired) electrons. The molecule has 0 spiro atoms. The van der Waals surface area contributed by atoms with Crippen molar-refractivity contribution in [3.05, 3.63) is 139 Å². The van der Waals surface area contributed by atoms with Crippen LogP contribution in [0.1, 0.15) is 17.5 Å². The fourth-order valence-electron chi connectivity index (χ4n) is 4.27. The number of hydrogen-bond acceptors (Lipinski definition) is 2. The van der Waals surface area contributed by atoms with E-state index >= 15 is 0 Å². The number of benzene rings is 4. The van der Waals surface area contributed by atoms with Gasteiger partial charge in [0.25, 0.3) is 0 Å². The minimum atomic E-state index is 1.01. The fourth-order valence-corrected chi connectivity index (χ4v) is 5.09. The summed E-state index contributed by atoms with van der Waals surface area (Å²) in [7, 11) is 8.31. The number of allylic oxidation sites excluding steroid dienone is 4. The normalized spacial score (nSPS) is 11.5. The molecule has 188 valence electrons. The van der Waals surface area contributed by atoms with Crippen LogP contribution in [0.15, 0.2) is 121 Å². The van der Waals surface area contributed by atoms with Crippen LogP contribution >= 0.6 is 0 Å². The number of hydrogen-bond donors (Lipinski definition) is 0. The molecule has 2 nitrogen and oxygen atoms in total. The second kappa shape index (κ2) is 13.4. The van der Waals surface area contributed by atoms with E-state index in [1.807, 2.05) is 12.2 Å². The summed E-state index contributed by atoms with van der Waals surface area (Å²) in [4.78, 5) is 4.28. The molecule has 0 fully saturated rings. The zero-order chi connectivity index (χ0) is 26.9. The van der Waals surface area contributed by atoms with E-state index in [9.17, 15) is 0 Å². The van der Waals surface area contributed by atoms with E-state index in [1.165, 1.54) is 71.5 Å². The number of rotatable bonds is 4. The first-order valence-corrected chi connectivity index (χ1v) is 14.1. The number of fused-ring (bicyclic) bond motifs is 3. The Morgan fingerprint density at radius 3 is 1.50 bits per heavy atom. The SMILES string of the molecule is CN(C)c1ccc2c(c1)[cH-]c1cc(N(C)C)ccc12.[C-]1=CC=CC1.[Zr+2]=[C](c1ccccc1)c1ccccc1.